The molecule has 0 aromatic heterocycles. The van der Waals surface area contributed by atoms with Gasteiger partial charge in [0.25, 0.3) is 0 Å². The van der Waals surface area contributed by atoms with Crippen molar-refractivity contribution < 1.29 is 18.4 Å². The lowest BCUT2D eigenvalue weighted by atomic mass is 10.0. The number of Topliss-reactive ketones (excluding diaryl/α,β-unsaturated/α-hetero) is 1. The van der Waals surface area contributed by atoms with Crippen LogP contribution in [0.1, 0.15) is 30.1 Å². The molecule has 1 N–H and O–H groups in total. The van der Waals surface area contributed by atoms with Gasteiger partial charge in [-0.1, -0.05) is 0 Å². The molecule has 1 aliphatic heterocycles. The van der Waals surface area contributed by atoms with Gasteiger partial charge in [0.15, 0.2) is 5.78 Å². The van der Waals surface area contributed by atoms with E-state index in [1.807, 2.05) is 4.90 Å². The molecule has 0 spiro atoms. The highest BCUT2D eigenvalue weighted by Gasteiger charge is 2.22. The molecule has 0 aliphatic carbocycles. The van der Waals surface area contributed by atoms with Gasteiger partial charge in [-0.2, -0.15) is 0 Å². The van der Waals surface area contributed by atoms with Crippen molar-refractivity contribution in [3.8, 4) is 0 Å². The number of amides is 1. The Hall–Kier alpha value is -1.82. The molecule has 0 atom stereocenters. The van der Waals surface area contributed by atoms with Crippen molar-refractivity contribution in [3.05, 3.63) is 35.4 Å². The molecule has 1 fully saturated rings. The molecule has 4 nitrogen and oxygen atoms in total. The first kappa shape index (κ1) is 15.6. The Kier molecular flexibility index (Phi) is 5.01. The first-order valence-electron chi connectivity index (χ1n) is 6.93. The molecule has 1 saturated heterocycles. The van der Waals surface area contributed by atoms with Crippen LogP contribution in [0.15, 0.2) is 18.2 Å². The largest absolute Gasteiger partial charge is 0.354 e. The molecular formula is C15H18F2N2O2. The highest BCUT2D eigenvalue weighted by Crippen LogP contribution is 2.14. The monoisotopic (exact) mass is 296 g/mol. The summed E-state index contributed by atoms with van der Waals surface area (Å²) in [7, 11) is 0. The second-order valence-corrected chi connectivity index (χ2v) is 5.30. The molecule has 2 rings (SSSR count). The molecule has 1 heterocycles. The number of piperidine rings is 1. The second kappa shape index (κ2) is 6.76. The summed E-state index contributed by atoms with van der Waals surface area (Å²) in [6.45, 7) is 2.83. The Balaban J connectivity index is 1.90. The Morgan fingerprint density at radius 1 is 1.29 bits per heavy atom. The number of rotatable bonds is 4. The van der Waals surface area contributed by atoms with Crippen molar-refractivity contribution in [2.24, 2.45) is 0 Å². The number of hydrogen-bond acceptors (Lipinski definition) is 3. The molecule has 1 aromatic carbocycles. The van der Waals surface area contributed by atoms with E-state index in [1.54, 1.807) is 0 Å². The summed E-state index contributed by atoms with van der Waals surface area (Å²) < 4.78 is 26.6. The first-order chi connectivity index (χ1) is 9.95. The van der Waals surface area contributed by atoms with E-state index >= 15 is 0 Å². The molecular weight excluding hydrogens is 278 g/mol. The predicted molar refractivity (Wildman–Crippen MR) is 74.0 cm³/mol. The number of benzene rings is 1. The number of ketones is 1. The van der Waals surface area contributed by atoms with Crippen LogP contribution in [0.5, 0.6) is 0 Å². The van der Waals surface area contributed by atoms with Gasteiger partial charge in [0.1, 0.15) is 11.6 Å². The summed E-state index contributed by atoms with van der Waals surface area (Å²) in [6, 6.07) is 3.01. The fraction of sp³-hybridized carbons (Fsp3) is 0.467. The van der Waals surface area contributed by atoms with E-state index < -0.39 is 17.4 Å². The van der Waals surface area contributed by atoms with Crippen LogP contribution < -0.4 is 5.32 Å². The van der Waals surface area contributed by atoms with Crippen LogP contribution in [0.25, 0.3) is 0 Å². The van der Waals surface area contributed by atoms with Gasteiger partial charge in [0, 0.05) is 26.1 Å². The smallest absolute Gasteiger partial charge is 0.217 e. The third kappa shape index (κ3) is 4.32. The maximum absolute atomic E-state index is 13.5. The Morgan fingerprint density at radius 2 is 1.95 bits per heavy atom. The molecule has 1 aliphatic rings. The third-order valence-electron chi connectivity index (χ3n) is 3.59. The minimum atomic E-state index is -0.700. The minimum absolute atomic E-state index is 0.0627. The van der Waals surface area contributed by atoms with Crippen LogP contribution in [-0.4, -0.2) is 42.3 Å². The van der Waals surface area contributed by atoms with Gasteiger partial charge in [-0.3, -0.25) is 14.5 Å². The van der Waals surface area contributed by atoms with E-state index in [4.69, 9.17) is 0 Å². The molecule has 1 aromatic rings. The highest BCUT2D eigenvalue weighted by molar-refractivity contribution is 5.97. The number of carbonyl (C=O) groups excluding carboxylic acids is 2. The van der Waals surface area contributed by atoms with E-state index in [0.29, 0.717) is 13.1 Å². The molecule has 1 amide bonds. The Labute approximate surface area is 122 Å². The average molecular weight is 296 g/mol. The number of nitrogens with one attached hydrogen (secondary N) is 1. The van der Waals surface area contributed by atoms with E-state index in [-0.39, 0.29) is 24.1 Å². The van der Waals surface area contributed by atoms with E-state index in [9.17, 15) is 18.4 Å². The van der Waals surface area contributed by atoms with Gasteiger partial charge >= 0.3 is 0 Å². The maximum atomic E-state index is 13.5. The molecule has 0 saturated carbocycles. The summed E-state index contributed by atoms with van der Waals surface area (Å²) in [6.07, 6.45) is 1.50. The normalized spacial score (nSPS) is 16.7. The zero-order valence-corrected chi connectivity index (χ0v) is 11.9. The number of halogens is 2. The molecule has 21 heavy (non-hydrogen) atoms. The van der Waals surface area contributed by atoms with Crippen LogP contribution >= 0.6 is 0 Å². The molecule has 6 heteroatoms. The van der Waals surface area contributed by atoms with Gasteiger partial charge in [-0.15, -0.1) is 0 Å². The van der Waals surface area contributed by atoms with Crippen molar-refractivity contribution in [2.75, 3.05) is 19.6 Å². The average Bonchev–Trinajstić information content (AvgIpc) is 2.43. The fourth-order valence-electron chi connectivity index (χ4n) is 2.52. The first-order valence-corrected chi connectivity index (χ1v) is 6.93. The van der Waals surface area contributed by atoms with Crippen LogP contribution in [0.3, 0.4) is 0 Å². The lowest BCUT2D eigenvalue weighted by Gasteiger charge is -2.31. The zero-order valence-electron chi connectivity index (χ0n) is 11.9. The van der Waals surface area contributed by atoms with E-state index in [0.717, 1.165) is 31.0 Å². The van der Waals surface area contributed by atoms with Gasteiger partial charge in [0.2, 0.25) is 5.91 Å². The van der Waals surface area contributed by atoms with Crippen LogP contribution in [0.2, 0.25) is 0 Å². The van der Waals surface area contributed by atoms with Gasteiger partial charge < -0.3 is 5.32 Å². The van der Waals surface area contributed by atoms with E-state index in [1.165, 1.54) is 6.92 Å². The van der Waals surface area contributed by atoms with Crippen LogP contribution in [0, 0.1) is 11.6 Å². The number of nitrogens with zero attached hydrogens (tertiary/aromatic N) is 1. The van der Waals surface area contributed by atoms with Gasteiger partial charge in [-0.25, -0.2) is 8.78 Å². The Bertz CT molecular complexity index is 540. The lowest BCUT2D eigenvalue weighted by Crippen LogP contribution is -2.45. The summed E-state index contributed by atoms with van der Waals surface area (Å²) >= 11 is 0. The van der Waals surface area contributed by atoms with Crippen molar-refractivity contribution >= 4 is 11.7 Å². The highest BCUT2D eigenvalue weighted by atomic mass is 19.1. The van der Waals surface area contributed by atoms with Crippen molar-refractivity contribution in [3.63, 3.8) is 0 Å². The maximum Gasteiger partial charge on any atom is 0.217 e. The van der Waals surface area contributed by atoms with E-state index in [2.05, 4.69) is 5.32 Å². The van der Waals surface area contributed by atoms with Crippen molar-refractivity contribution in [1.82, 2.24) is 10.2 Å². The van der Waals surface area contributed by atoms with Gasteiger partial charge in [-0.05, 0) is 31.0 Å². The van der Waals surface area contributed by atoms with Crippen LogP contribution in [0.4, 0.5) is 8.78 Å². The molecule has 114 valence electrons. The fourth-order valence-corrected chi connectivity index (χ4v) is 2.52. The molecule has 0 radical (unpaired) electrons. The van der Waals surface area contributed by atoms with Crippen LogP contribution in [-0.2, 0) is 4.79 Å². The number of likely N-dealkylation sites (tertiary alicyclic amines) is 1. The van der Waals surface area contributed by atoms with Gasteiger partial charge in [0.05, 0.1) is 12.1 Å². The summed E-state index contributed by atoms with van der Waals surface area (Å²) in [5.74, 6) is -1.81. The number of hydrogen-bond donors (Lipinski definition) is 1. The van der Waals surface area contributed by atoms with Crippen molar-refractivity contribution in [1.29, 1.82) is 0 Å². The lowest BCUT2D eigenvalue weighted by molar-refractivity contribution is -0.119. The summed E-state index contributed by atoms with van der Waals surface area (Å²) in [5, 5.41) is 2.84. The quantitative estimate of drug-likeness (QED) is 0.861. The molecule has 0 unspecified atom stereocenters. The third-order valence-corrected chi connectivity index (χ3v) is 3.59. The SMILES string of the molecule is CC(=O)NC1CCN(CC(=O)c2cc(F)ccc2F)CC1. The standard InChI is InChI=1S/C15H18F2N2O2/c1-10(20)18-12-4-6-19(7-5-12)9-15(21)13-8-11(16)2-3-14(13)17/h2-3,8,12H,4-7,9H2,1H3,(H,18,20). The Morgan fingerprint density at radius 3 is 2.57 bits per heavy atom. The topological polar surface area (TPSA) is 49.4 Å². The molecule has 0 bridgehead atoms. The minimum Gasteiger partial charge on any atom is -0.354 e. The number of carbonyl (C=O) groups is 2. The zero-order chi connectivity index (χ0) is 15.4. The predicted octanol–water partition coefficient (Wildman–Crippen LogP) is 1.75. The summed E-state index contributed by atoms with van der Waals surface area (Å²) in [5.41, 5.74) is -0.209. The van der Waals surface area contributed by atoms with Crippen molar-refractivity contribution in [2.45, 2.75) is 25.8 Å². The summed E-state index contributed by atoms with van der Waals surface area (Å²) in [4.78, 5) is 24.9. The second-order valence-electron chi connectivity index (χ2n) is 5.30.